The fourth-order valence-corrected chi connectivity index (χ4v) is 20.6. The molecule has 8 aliphatic heterocycles. The first kappa shape index (κ1) is 86.1. The van der Waals surface area contributed by atoms with Gasteiger partial charge >= 0.3 is 0 Å². The number of fused-ring (bicyclic) bond motifs is 12. The van der Waals surface area contributed by atoms with Crippen molar-refractivity contribution in [1.82, 2.24) is 94.4 Å². The number of piperidine rings is 8. The van der Waals surface area contributed by atoms with Gasteiger partial charge < -0.3 is 40.9 Å². The number of halogens is 4. The van der Waals surface area contributed by atoms with Gasteiger partial charge in [0.15, 0.2) is 17.5 Å². The molecule has 0 spiro atoms. The Bertz CT molecular complexity index is 5790. The first-order valence-corrected chi connectivity index (χ1v) is 44.7. The van der Waals surface area contributed by atoms with Gasteiger partial charge in [0, 0.05) is 129 Å². The third-order valence-corrected chi connectivity index (χ3v) is 26.6. The number of carbonyl (C=O) groups excluding carboxylic acids is 4. The van der Waals surface area contributed by atoms with Crippen LogP contribution in [0.4, 0.5) is 23.3 Å². The number of nitrogens with zero attached hydrogens (tertiary/aromatic N) is 19. The van der Waals surface area contributed by atoms with Crippen molar-refractivity contribution >= 4 is 93.3 Å². The molecule has 4 aliphatic carbocycles. The van der Waals surface area contributed by atoms with Crippen LogP contribution >= 0.6 is 46.4 Å². The molecule has 126 heavy (non-hydrogen) atoms. The lowest BCUT2D eigenvalue weighted by Gasteiger charge is -2.50. The number of rotatable bonds is 16. The van der Waals surface area contributed by atoms with Crippen molar-refractivity contribution in [2.45, 2.75) is 174 Å². The number of hydrogen-bond acceptors (Lipinski definition) is 22. The molecule has 4 amide bonds. The zero-order valence-electron chi connectivity index (χ0n) is 71.2. The van der Waals surface area contributed by atoms with Crippen LogP contribution < -0.4 is 21.3 Å². The van der Waals surface area contributed by atoms with E-state index in [2.05, 4.69) is 91.3 Å². The largest absolute Gasteiger partial charge is 0.364 e. The fraction of sp³-hybridized carbons (Fsp3) is 0.368. The molecule has 12 aliphatic rings. The summed E-state index contributed by atoms with van der Waals surface area (Å²) in [5.41, 5.74) is 11.7. The predicted octanol–water partition coefficient (Wildman–Crippen LogP) is 17.3. The van der Waals surface area contributed by atoms with Gasteiger partial charge in [-0.05, 0) is 262 Å². The molecule has 4 N–H and O–H groups in total. The molecule has 12 aromatic rings. The number of benzene rings is 2. The minimum absolute atomic E-state index is 0.0204. The van der Waals surface area contributed by atoms with E-state index in [-0.39, 0.29) is 72.0 Å². The number of carbonyl (C=O) groups is 4. The molecule has 12 unspecified atom stereocenters. The van der Waals surface area contributed by atoms with Gasteiger partial charge in [-0.3, -0.25) is 19.2 Å². The molecule has 27 nitrogen and oxygen atoms in total. The summed E-state index contributed by atoms with van der Waals surface area (Å²) in [6.07, 6.45) is 33.0. The molecule has 18 heterocycles. The standard InChI is InChI=1S/C25H26ClN5O.2C24H25ClN6O.C22H23ClN6O/c1-15-4-6-18(19(10-15)23-27-8-3-9-28-23)25(32)31-14-17-5-7-22(31)21(12-17)30-24-20(26)11-16(2)13-29-24;1-14-10-18(25)22(28-12-14)30-19-11-16-5-7-20(19)31(13-16)24(32)17-6-4-15(2)29-21(17)23-26-8-3-9-27-23;1-14-10-18(25)23(28-12-14)30-19-11-16-5-7-20(19)31(13-16)24(32)21-17(6-4-15(2)29-21)22-26-8-3-9-27-22;1-14-10-17(23)21(24-12-14)27-18-11-15-6-7-20(18)28(13-15)22(30)16-4-2-3-5-19(16)29-25-8-9-26-29/h3-4,6,8-11,13,17,21-22H,5,7,12,14H2,1-2H3,(H,29,30);2*3-4,6,8-10,12,16,19-20H,5,7,11,13H2,1-2H3,(H,28,30);2-5,8-10,12,15,18,20H,6-7,11,13H2,1H3,(H,24,27). The normalized spacial score (nSPS) is 22.3. The van der Waals surface area contributed by atoms with Crippen LogP contribution in [0.3, 0.4) is 0 Å². The van der Waals surface area contributed by atoms with Gasteiger partial charge in [-0.15, -0.1) is 0 Å². The van der Waals surface area contributed by atoms with Gasteiger partial charge in [-0.25, -0.2) is 59.8 Å². The zero-order valence-corrected chi connectivity index (χ0v) is 74.2. The molecule has 0 radical (unpaired) electrons. The average Bonchev–Trinajstić information content (AvgIpc) is 0.885. The van der Waals surface area contributed by atoms with Crippen molar-refractivity contribution in [3.8, 4) is 40.0 Å². The van der Waals surface area contributed by atoms with Crippen molar-refractivity contribution in [2.24, 2.45) is 23.7 Å². The summed E-state index contributed by atoms with van der Waals surface area (Å²) in [6, 6.07) is 34.6. The van der Waals surface area contributed by atoms with Crippen LogP contribution in [0.1, 0.15) is 158 Å². The molecule has 8 saturated heterocycles. The first-order chi connectivity index (χ1) is 61.1. The Hall–Kier alpha value is -12.0. The molecule has 2 aromatic carbocycles. The summed E-state index contributed by atoms with van der Waals surface area (Å²) in [7, 11) is 0. The molecule has 12 fully saturated rings. The Morgan fingerprint density at radius 3 is 1.10 bits per heavy atom. The molecule has 4 saturated carbocycles. The lowest BCUT2D eigenvalue weighted by molar-refractivity contribution is 0.0274. The number of anilines is 4. The highest BCUT2D eigenvalue weighted by atomic mass is 35.5. The van der Waals surface area contributed by atoms with Gasteiger partial charge in [-0.2, -0.15) is 15.0 Å². The first-order valence-electron chi connectivity index (χ1n) is 43.2. The van der Waals surface area contributed by atoms with Gasteiger partial charge in [0.25, 0.3) is 23.6 Å². The SMILES string of the molecule is Cc1cnc(NC2CC3CCC2N(C(=O)c2ccc(C)cc2-c2ncccn2)C3)c(Cl)c1.Cc1cnc(NC2CC3CCC2N(C(=O)c2ccc(C)nc2-c2ncccn2)C3)c(Cl)c1.Cc1cnc(NC2CC3CCC2N(C(=O)c2ccccc2-n2nccn2)C3)c(Cl)c1.Cc1cnc(NC2CC3CCC2N(C(=O)c2nc(C)ccc2-c2ncccn2)C3)c(Cl)c1. The maximum Gasteiger partial charge on any atom is 0.273 e. The van der Waals surface area contributed by atoms with Crippen LogP contribution in [-0.4, -0.2) is 193 Å². The van der Waals surface area contributed by atoms with E-state index in [0.717, 1.165) is 148 Å². The number of aryl methyl sites for hydroxylation is 7. The highest BCUT2D eigenvalue weighted by Crippen LogP contribution is 2.45. The Kier molecular flexibility index (Phi) is 26.0. The molecule has 12 atom stereocenters. The summed E-state index contributed by atoms with van der Waals surface area (Å²) in [4.78, 5) is 118. The van der Waals surface area contributed by atoms with Gasteiger partial charge in [-0.1, -0.05) is 70.2 Å². The van der Waals surface area contributed by atoms with Crippen molar-refractivity contribution in [3.05, 3.63) is 265 Å². The third kappa shape index (κ3) is 19.1. The van der Waals surface area contributed by atoms with Gasteiger partial charge in [0.2, 0.25) is 0 Å². The highest BCUT2D eigenvalue weighted by Gasteiger charge is 2.49. The number of nitrogens with one attached hydrogen (secondary N) is 4. The van der Waals surface area contributed by atoms with Gasteiger partial charge in [0.05, 0.1) is 84.6 Å². The molecular formula is C95H99Cl4N23O4. The summed E-state index contributed by atoms with van der Waals surface area (Å²) < 4.78 is 0. The average molecular weight is 1770 g/mol. The summed E-state index contributed by atoms with van der Waals surface area (Å²) in [5.74, 6) is 6.06. The van der Waals surface area contributed by atoms with E-state index >= 15 is 0 Å². The minimum atomic E-state index is -0.0692. The Balaban J connectivity index is 0.000000119. The van der Waals surface area contributed by atoms with Crippen LogP contribution in [0.15, 0.2) is 184 Å². The monoisotopic (exact) mass is 1770 g/mol. The number of para-hydroxylation sites is 1. The molecular weight excluding hydrogens is 1670 g/mol. The van der Waals surface area contributed by atoms with Gasteiger partial charge in [0.1, 0.15) is 34.7 Å². The lowest BCUT2D eigenvalue weighted by Crippen LogP contribution is -2.60. The predicted molar refractivity (Wildman–Crippen MR) is 488 cm³/mol. The topological polar surface area (TPSA) is 315 Å². The van der Waals surface area contributed by atoms with Crippen LogP contribution in [0.5, 0.6) is 0 Å². The second-order valence-corrected chi connectivity index (χ2v) is 36.1. The van der Waals surface area contributed by atoms with Crippen LogP contribution in [0, 0.1) is 72.1 Å². The van der Waals surface area contributed by atoms with Crippen molar-refractivity contribution in [2.75, 3.05) is 47.4 Å². The van der Waals surface area contributed by atoms with E-state index in [1.165, 1.54) is 4.80 Å². The summed E-state index contributed by atoms with van der Waals surface area (Å²) in [6.45, 7) is 16.7. The van der Waals surface area contributed by atoms with Crippen molar-refractivity contribution in [3.63, 3.8) is 0 Å². The summed E-state index contributed by atoms with van der Waals surface area (Å²) >= 11 is 25.7. The smallest absolute Gasteiger partial charge is 0.273 e. The van der Waals surface area contributed by atoms with E-state index in [0.29, 0.717) is 124 Å². The molecule has 31 heteroatoms. The Morgan fingerprint density at radius 1 is 0.333 bits per heavy atom. The van der Waals surface area contributed by atoms with E-state index in [1.807, 2.05) is 178 Å². The van der Waals surface area contributed by atoms with E-state index in [1.54, 1.807) is 74.0 Å². The van der Waals surface area contributed by atoms with Crippen molar-refractivity contribution < 1.29 is 19.2 Å². The lowest BCUT2D eigenvalue weighted by atomic mass is 9.76. The molecule has 8 bridgehead atoms. The van der Waals surface area contributed by atoms with Crippen molar-refractivity contribution in [1.29, 1.82) is 0 Å². The van der Waals surface area contributed by atoms with E-state index in [9.17, 15) is 19.2 Å². The van der Waals surface area contributed by atoms with Crippen LogP contribution in [0.25, 0.3) is 40.0 Å². The number of aromatic nitrogens is 15. The molecule has 24 rings (SSSR count). The number of hydrogen-bond donors (Lipinski definition) is 4. The maximum atomic E-state index is 13.8. The minimum Gasteiger partial charge on any atom is -0.364 e. The Labute approximate surface area is 752 Å². The van der Waals surface area contributed by atoms with E-state index < -0.39 is 0 Å². The number of pyridine rings is 6. The number of amides is 4. The second-order valence-electron chi connectivity index (χ2n) is 34.5. The summed E-state index contributed by atoms with van der Waals surface area (Å²) in [5, 5.41) is 25.0. The molecule has 10 aromatic heterocycles. The fourth-order valence-electron chi connectivity index (χ4n) is 19.5. The Morgan fingerprint density at radius 2 is 0.690 bits per heavy atom. The quantitative estimate of drug-likeness (QED) is 0.0698. The van der Waals surface area contributed by atoms with Crippen LogP contribution in [0.2, 0.25) is 20.1 Å². The highest BCUT2D eigenvalue weighted by molar-refractivity contribution is 6.34. The third-order valence-electron chi connectivity index (χ3n) is 25.4. The zero-order chi connectivity index (χ0) is 87.4. The molecule has 646 valence electrons. The van der Waals surface area contributed by atoms with Crippen LogP contribution in [-0.2, 0) is 0 Å². The second kappa shape index (κ2) is 38.0. The maximum absolute atomic E-state index is 13.8. The van der Waals surface area contributed by atoms with E-state index in [4.69, 9.17) is 46.4 Å².